The number of hydrogen-bond acceptors (Lipinski definition) is 4. The number of benzene rings is 1. The Morgan fingerprint density at radius 2 is 1.69 bits per heavy atom. The number of hydrogen-bond donors (Lipinski definition) is 2. The number of nitrogens with zero attached hydrogens (tertiary/aromatic N) is 1. The normalized spacial score (nSPS) is 14.8. The third-order valence-electron chi connectivity index (χ3n) is 4.11. The predicted octanol–water partition coefficient (Wildman–Crippen LogP) is 2.06. The molecule has 1 heterocycles. The van der Waals surface area contributed by atoms with Crippen LogP contribution in [0.5, 0.6) is 0 Å². The summed E-state index contributed by atoms with van der Waals surface area (Å²) in [7, 11) is 0. The summed E-state index contributed by atoms with van der Waals surface area (Å²) in [5, 5.41) is 5.48. The number of esters is 1. The second kappa shape index (κ2) is 9.22. The largest absolute Gasteiger partial charge is 0.449 e. The molecule has 2 N–H and O–H groups in total. The molecule has 1 fully saturated rings. The van der Waals surface area contributed by atoms with Crippen LogP contribution in [0.15, 0.2) is 24.3 Å². The molecule has 1 aliphatic rings. The van der Waals surface area contributed by atoms with E-state index in [1.807, 2.05) is 13.8 Å². The van der Waals surface area contributed by atoms with E-state index in [2.05, 4.69) is 10.6 Å². The molecule has 0 bridgehead atoms. The van der Waals surface area contributed by atoms with Crippen molar-refractivity contribution in [3.8, 4) is 0 Å². The van der Waals surface area contributed by atoms with Gasteiger partial charge in [-0.1, -0.05) is 12.1 Å². The minimum Gasteiger partial charge on any atom is -0.449 e. The van der Waals surface area contributed by atoms with E-state index in [-0.39, 0.29) is 18.0 Å². The van der Waals surface area contributed by atoms with Crippen LogP contribution in [-0.4, -0.2) is 48.0 Å². The first-order chi connectivity index (χ1) is 12.4. The van der Waals surface area contributed by atoms with Crippen LogP contribution in [0.3, 0.4) is 0 Å². The quantitative estimate of drug-likeness (QED) is 0.759. The summed E-state index contributed by atoms with van der Waals surface area (Å²) >= 11 is 0. The average molecular weight is 361 g/mol. The van der Waals surface area contributed by atoms with Crippen LogP contribution < -0.4 is 10.6 Å². The zero-order chi connectivity index (χ0) is 19.1. The fourth-order valence-corrected chi connectivity index (χ4v) is 2.73. The van der Waals surface area contributed by atoms with Gasteiger partial charge in [0.15, 0.2) is 6.10 Å². The molecular weight excluding hydrogens is 334 g/mol. The van der Waals surface area contributed by atoms with E-state index < -0.39 is 12.1 Å². The van der Waals surface area contributed by atoms with Crippen molar-refractivity contribution < 1.29 is 19.1 Å². The van der Waals surface area contributed by atoms with Gasteiger partial charge in [0.2, 0.25) is 0 Å². The lowest BCUT2D eigenvalue weighted by Crippen LogP contribution is -2.39. The van der Waals surface area contributed by atoms with Crippen molar-refractivity contribution in [3.63, 3.8) is 0 Å². The molecule has 7 heteroatoms. The maximum atomic E-state index is 12.2. The van der Waals surface area contributed by atoms with Gasteiger partial charge in [-0.05, 0) is 51.3 Å². The molecular formula is C19H27N3O4. The molecule has 3 amide bonds. The molecule has 1 aromatic carbocycles. The molecule has 0 radical (unpaired) electrons. The summed E-state index contributed by atoms with van der Waals surface area (Å²) in [5.41, 5.74) is 1.24. The lowest BCUT2D eigenvalue weighted by atomic mass is 10.1. The van der Waals surface area contributed by atoms with E-state index in [0.29, 0.717) is 12.1 Å². The maximum Gasteiger partial charge on any atom is 0.338 e. The van der Waals surface area contributed by atoms with Crippen molar-refractivity contribution in [1.29, 1.82) is 0 Å². The molecule has 26 heavy (non-hydrogen) atoms. The van der Waals surface area contributed by atoms with Gasteiger partial charge >= 0.3 is 12.0 Å². The molecule has 7 nitrogen and oxygen atoms in total. The summed E-state index contributed by atoms with van der Waals surface area (Å²) in [6, 6.07) is 6.59. The highest BCUT2D eigenvalue weighted by Crippen LogP contribution is 2.12. The Bertz CT molecular complexity index is 637. The molecule has 0 spiro atoms. The van der Waals surface area contributed by atoms with E-state index in [0.717, 1.165) is 31.5 Å². The van der Waals surface area contributed by atoms with Crippen LogP contribution in [0.4, 0.5) is 4.79 Å². The number of likely N-dealkylation sites (tertiary alicyclic amines) is 1. The minimum atomic E-state index is -0.790. The van der Waals surface area contributed by atoms with E-state index in [1.54, 1.807) is 36.1 Å². The number of carbonyl (C=O) groups excluding carboxylic acids is 3. The summed E-state index contributed by atoms with van der Waals surface area (Å²) in [4.78, 5) is 37.7. The van der Waals surface area contributed by atoms with Crippen LogP contribution in [0, 0.1) is 0 Å². The second-order valence-electron chi connectivity index (χ2n) is 6.76. The number of ether oxygens (including phenoxy) is 1. The van der Waals surface area contributed by atoms with Gasteiger partial charge in [0, 0.05) is 25.7 Å². The fraction of sp³-hybridized carbons (Fsp3) is 0.526. The molecule has 2 rings (SSSR count). The van der Waals surface area contributed by atoms with E-state index in [9.17, 15) is 14.4 Å². The van der Waals surface area contributed by atoms with Crippen LogP contribution in [0.1, 0.15) is 49.5 Å². The molecule has 0 aromatic heterocycles. The number of amides is 3. The van der Waals surface area contributed by atoms with Gasteiger partial charge in [0.1, 0.15) is 0 Å². The smallest absolute Gasteiger partial charge is 0.338 e. The van der Waals surface area contributed by atoms with Gasteiger partial charge in [0.25, 0.3) is 5.91 Å². The Balaban J connectivity index is 1.83. The second-order valence-corrected chi connectivity index (χ2v) is 6.76. The topological polar surface area (TPSA) is 87.7 Å². The molecule has 1 aromatic rings. The molecule has 0 aliphatic carbocycles. The molecule has 1 saturated heterocycles. The number of nitrogens with one attached hydrogen (secondary N) is 2. The van der Waals surface area contributed by atoms with Crippen molar-refractivity contribution in [2.75, 3.05) is 13.1 Å². The van der Waals surface area contributed by atoms with Crippen LogP contribution in [0.2, 0.25) is 0 Å². The van der Waals surface area contributed by atoms with Crippen LogP contribution in [0.25, 0.3) is 0 Å². The van der Waals surface area contributed by atoms with E-state index >= 15 is 0 Å². The van der Waals surface area contributed by atoms with Gasteiger partial charge in [-0.25, -0.2) is 9.59 Å². The highest BCUT2D eigenvalue weighted by Gasteiger charge is 2.26. The van der Waals surface area contributed by atoms with Gasteiger partial charge < -0.3 is 20.3 Å². The Kier molecular flexibility index (Phi) is 7.00. The lowest BCUT2D eigenvalue weighted by molar-refractivity contribution is -0.138. The standard InChI is InChI=1S/C19H27N3O4/c1-13(2)21-19(25)20-12-15-6-8-16(9-7-15)18(24)26-14(3)17(23)22-10-4-5-11-22/h6-9,13-14H,4-5,10-12H2,1-3H3,(H2,20,21,25)/t14-/m0/s1. The Hall–Kier alpha value is -2.57. The highest BCUT2D eigenvalue weighted by molar-refractivity contribution is 5.92. The molecule has 0 saturated carbocycles. The van der Waals surface area contributed by atoms with E-state index in [4.69, 9.17) is 4.74 Å². The zero-order valence-electron chi connectivity index (χ0n) is 15.6. The minimum absolute atomic E-state index is 0.0670. The summed E-state index contributed by atoms with van der Waals surface area (Å²) in [6.45, 7) is 7.19. The van der Waals surface area contributed by atoms with Crippen molar-refractivity contribution in [3.05, 3.63) is 35.4 Å². The van der Waals surface area contributed by atoms with Crippen LogP contribution >= 0.6 is 0 Å². The van der Waals surface area contributed by atoms with Gasteiger partial charge in [0.05, 0.1) is 5.56 Å². The van der Waals surface area contributed by atoms with Crippen molar-refractivity contribution in [2.45, 2.75) is 52.3 Å². The third kappa shape index (κ3) is 5.75. The first kappa shape index (κ1) is 19.8. The molecule has 1 atom stereocenters. The monoisotopic (exact) mass is 361 g/mol. The summed E-state index contributed by atoms with van der Waals surface area (Å²) < 4.78 is 5.28. The average Bonchev–Trinajstić information content (AvgIpc) is 3.13. The SMILES string of the molecule is CC(C)NC(=O)NCc1ccc(C(=O)O[C@@H](C)C(=O)N2CCCC2)cc1. The van der Waals surface area contributed by atoms with Crippen molar-refractivity contribution in [1.82, 2.24) is 15.5 Å². The number of urea groups is 1. The highest BCUT2D eigenvalue weighted by atomic mass is 16.5. The number of rotatable bonds is 6. The number of carbonyl (C=O) groups is 3. The molecule has 0 unspecified atom stereocenters. The first-order valence-corrected chi connectivity index (χ1v) is 9.00. The van der Waals surface area contributed by atoms with Crippen molar-refractivity contribution in [2.24, 2.45) is 0 Å². The zero-order valence-corrected chi connectivity index (χ0v) is 15.6. The summed E-state index contributed by atoms with van der Waals surface area (Å²) in [6.07, 6.45) is 1.20. The van der Waals surface area contributed by atoms with Crippen molar-refractivity contribution >= 4 is 17.9 Å². The Morgan fingerprint density at radius 3 is 2.27 bits per heavy atom. The van der Waals surface area contributed by atoms with Gasteiger partial charge in [-0.2, -0.15) is 0 Å². The van der Waals surface area contributed by atoms with Gasteiger partial charge in [-0.3, -0.25) is 4.79 Å². The third-order valence-corrected chi connectivity index (χ3v) is 4.11. The maximum absolute atomic E-state index is 12.2. The first-order valence-electron chi connectivity index (χ1n) is 9.00. The molecule has 1 aliphatic heterocycles. The Labute approximate surface area is 154 Å². The van der Waals surface area contributed by atoms with Gasteiger partial charge in [-0.15, -0.1) is 0 Å². The van der Waals surface area contributed by atoms with Crippen LogP contribution in [-0.2, 0) is 16.1 Å². The molecule has 142 valence electrons. The van der Waals surface area contributed by atoms with E-state index in [1.165, 1.54) is 0 Å². The fourth-order valence-electron chi connectivity index (χ4n) is 2.73. The summed E-state index contributed by atoms with van der Waals surface area (Å²) in [5.74, 6) is -0.671. The predicted molar refractivity (Wildman–Crippen MR) is 97.6 cm³/mol. The Morgan fingerprint density at radius 1 is 1.08 bits per heavy atom. The lowest BCUT2D eigenvalue weighted by Gasteiger charge is -2.20.